The maximum Gasteiger partial charge on any atom is 0.416 e. The highest BCUT2D eigenvalue weighted by molar-refractivity contribution is 5.58. The van der Waals surface area contributed by atoms with Crippen molar-refractivity contribution in [3.8, 4) is 11.5 Å². The van der Waals surface area contributed by atoms with Crippen LogP contribution in [0, 0.1) is 6.92 Å². The van der Waals surface area contributed by atoms with E-state index in [1.165, 1.54) is 13.0 Å². The quantitative estimate of drug-likeness (QED) is 0.778. The molecule has 0 fully saturated rings. The van der Waals surface area contributed by atoms with Gasteiger partial charge in [0.25, 0.3) is 0 Å². The first-order valence-electron chi connectivity index (χ1n) is 6.21. The summed E-state index contributed by atoms with van der Waals surface area (Å²) in [6.07, 6.45) is 2.10. The van der Waals surface area contributed by atoms with Gasteiger partial charge in [-0.05, 0) is 38.1 Å². The minimum atomic E-state index is -4.38. The van der Waals surface area contributed by atoms with Gasteiger partial charge in [-0.1, -0.05) is 6.08 Å². The maximum atomic E-state index is 12.6. The van der Waals surface area contributed by atoms with Crippen molar-refractivity contribution in [2.45, 2.75) is 20.0 Å². The van der Waals surface area contributed by atoms with Crippen molar-refractivity contribution in [1.82, 2.24) is 9.97 Å². The van der Waals surface area contributed by atoms with E-state index in [2.05, 4.69) is 9.97 Å². The van der Waals surface area contributed by atoms with Gasteiger partial charge >= 0.3 is 6.18 Å². The highest BCUT2D eigenvalue weighted by Crippen LogP contribution is 2.28. The molecular formula is C15H13F3N2O. The molecular weight excluding hydrogens is 281 g/mol. The third-order valence-corrected chi connectivity index (χ3v) is 2.82. The Morgan fingerprint density at radius 2 is 1.90 bits per heavy atom. The highest BCUT2D eigenvalue weighted by atomic mass is 19.4. The highest BCUT2D eigenvalue weighted by Gasteiger charge is 2.30. The van der Waals surface area contributed by atoms with Gasteiger partial charge in [-0.3, -0.25) is 4.98 Å². The number of oxazole rings is 1. The van der Waals surface area contributed by atoms with Crippen LogP contribution in [-0.4, -0.2) is 16.1 Å². The lowest BCUT2D eigenvalue weighted by Crippen LogP contribution is -2.09. The zero-order valence-corrected chi connectivity index (χ0v) is 11.5. The molecule has 2 aromatic heterocycles. The van der Waals surface area contributed by atoms with Crippen LogP contribution in [0.1, 0.15) is 18.4 Å². The largest absolute Gasteiger partial charge is 0.441 e. The molecule has 2 rings (SSSR count). The van der Waals surface area contributed by atoms with Crippen molar-refractivity contribution in [1.29, 1.82) is 0 Å². The molecule has 110 valence electrons. The van der Waals surface area contributed by atoms with Crippen LogP contribution in [0.3, 0.4) is 0 Å². The Labute approximate surface area is 119 Å². The summed E-state index contributed by atoms with van der Waals surface area (Å²) in [5, 5.41) is 0. The zero-order chi connectivity index (χ0) is 15.5. The molecule has 0 bridgehead atoms. The summed E-state index contributed by atoms with van der Waals surface area (Å²) < 4.78 is 43.3. The van der Waals surface area contributed by atoms with Gasteiger partial charge in [0.05, 0.1) is 5.57 Å². The summed E-state index contributed by atoms with van der Waals surface area (Å²) in [6, 6.07) is 3.43. The number of aryl methyl sites for hydroxylation is 1. The predicted octanol–water partition coefficient (Wildman–Crippen LogP) is 4.57. The minimum Gasteiger partial charge on any atom is -0.441 e. The Hall–Kier alpha value is -2.37. The predicted molar refractivity (Wildman–Crippen MR) is 73.3 cm³/mol. The molecule has 3 nitrogen and oxygen atoms in total. The number of allylic oxidation sites excluding steroid dienone is 3. The standard InChI is InChI=1S/C15H13F3N2O/c1-3-12(15(16,17)18)4-5-13-10(2)21-14(20-13)11-6-8-19-9-7-11/h3-9H,1-2H3/b5-4-,12-3?. The number of hydrogen-bond acceptors (Lipinski definition) is 3. The van der Waals surface area contributed by atoms with Crippen LogP contribution in [0.4, 0.5) is 13.2 Å². The van der Waals surface area contributed by atoms with E-state index in [1.54, 1.807) is 31.5 Å². The second kappa shape index (κ2) is 5.95. The van der Waals surface area contributed by atoms with E-state index in [9.17, 15) is 13.2 Å². The first-order valence-corrected chi connectivity index (χ1v) is 6.21. The maximum absolute atomic E-state index is 12.6. The molecule has 0 saturated heterocycles. The van der Waals surface area contributed by atoms with Gasteiger partial charge in [0, 0.05) is 18.0 Å². The van der Waals surface area contributed by atoms with Gasteiger partial charge in [0.2, 0.25) is 5.89 Å². The monoisotopic (exact) mass is 294 g/mol. The SMILES string of the molecule is CC=C(/C=C\c1nc(-c2ccncc2)oc1C)C(F)(F)F. The van der Waals surface area contributed by atoms with E-state index in [-0.39, 0.29) is 0 Å². The molecule has 0 amide bonds. The van der Waals surface area contributed by atoms with Crippen LogP contribution in [0.25, 0.3) is 17.5 Å². The smallest absolute Gasteiger partial charge is 0.416 e. The summed E-state index contributed by atoms with van der Waals surface area (Å²) >= 11 is 0. The first kappa shape index (κ1) is 15.0. The molecule has 0 aliphatic carbocycles. The van der Waals surface area contributed by atoms with E-state index in [4.69, 9.17) is 4.42 Å². The van der Waals surface area contributed by atoms with Crippen LogP contribution in [0.2, 0.25) is 0 Å². The third-order valence-electron chi connectivity index (χ3n) is 2.82. The van der Waals surface area contributed by atoms with Gasteiger partial charge in [-0.25, -0.2) is 4.98 Å². The van der Waals surface area contributed by atoms with Crippen molar-refractivity contribution in [3.63, 3.8) is 0 Å². The summed E-state index contributed by atoms with van der Waals surface area (Å²) in [7, 11) is 0. The lowest BCUT2D eigenvalue weighted by atomic mass is 10.2. The topological polar surface area (TPSA) is 38.9 Å². The fourth-order valence-corrected chi connectivity index (χ4v) is 1.70. The number of rotatable bonds is 3. The Balaban J connectivity index is 2.29. The lowest BCUT2D eigenvalue weighted by molar-refractivity contribution is -0.0882. The zero-order valence-electron chi connectivity index (χ0n) is 11.5. The molecule has 0 N–H and O–H groups in total. The average molecular weight is 294 g/mol. The van der Waals surface area contributed by atoms with Crippen LogP contribution in [0.15, 0.2) is 46.7 Å². The van der Waals surface area contributed by atoms with E-state index in [0.717, 1.165) is 17.7 Å². The molecule has 0 unspecified atom stereocenters. The van der Waals surface area contributed by atoms with E-state index in [0.29, 0.717) is 17.3 Å². The summed E-state index contributed by atoms with van der Waals surface area (Å²) in [6.45, 7) is 2.99. The average Bonchev–Trinajstić information content (AvgIpc) is 2.80. The summed E-state index contributed by atoms with van der Waals surface area (Å²) in [5.74, 6) is 0.805. The van der Waals surface area contributed by atoms with Gasteiger partial charge in [0.1, 0.15) is 11.5 Å². The minimum absolute atomic E-state index is 0.351. The van der Waals surface area contributed by atoms with Crippen LogP contribution in [-0.2, 0) is 0 Å². The Kier molecular flexibility index (Phi) is 4.26. The molecule has 0 atom stereocenters. The number of halogens is 3. The van der Waals surface area contributed by atoms with Crippen molar-refractivity contribution in [2.24, 2.45) is 0 Å². The molecule has 0 aliphatic rings. The number of nitrogens with zero attached hydrogens (tertiary/aromatic N) is 2. The van der Waals surface area contributed by atoms with Crippen molar-refractivity contribution in [2.75, 3.05) is 0 Å². The Morgan fingerprint density at radius 3 is 2.48 bits per heavy atom. The molecule has 21 heavy (non-hydrogen) atoms. The van der Waals surface area contributed by atoms with Crippen molar-refractivity contribution in [3.05, 3.63) is 53.7 Å². The number of aromatic nitrogens is 2. The van der Waals surface area contributed by atoms with Crippen molar-refractivity contribution < 1.29 is 17.6 Å². The van der Waals surface area contributed by atoms with Gasteiger partial charge in [0.15, 0.2) is 0 Å². The lowest BCUT2D eigenvalue weighted by Gasteiger charge is -2.05. The normalized spacial score (nSPS) is 13.1. The van der Waals surface area contributed by atoms with Gasteiger partial charge in [-0.2, -0.15) is 13.2 Å². The molecule has 0 aliphatic heterocycles. The van der Waals surface area contributed by atoms with Crippen molar-refractivity contribution >= 4 is 6.08 Å². The number of alkyl halides is 3. The van der Waals surface area contributed by atoms with Gasteiger partial charge in [-0.15, -0.1) is 0 Å². The molecule has 6 heteroatoms. The third kappa shape index (κ3) is 3.59. The molecule has 0 saturated carbocycles. The van der Waals surface area contributed by atoms with E-state index >= 15 is 0 Å². The van der Waals surface area contributed by atoms with E-state index < -0.39 is 11.7 Å². The molecule has 2 heterocycles. The summed E-state index contributed by atoms with van der Waals surface area (Å²) in [5.41, 5.74) is 0.357. The molecule has 2 aromatic rings. The van der Waals surface area contributed by atoms with Crippen LogP contribution < -0.4 is 0 Å². The molecule has 0 aromatic carbocycles. The van der Waals surface area contributed by atoms with E-state index in [1.807, 2.05) is 0 Å². The molecule has 0 spiro atoms. The molecule has 0 radical (unpaired) electrons. The summed E-state index contributed by atoms with van der Waals surface area (Å²) in [4.78, 5) is 8.07. The number of hydrogen-bond donors (Lipinski definition) is 0. The van der Waals surface area contributed by atoms with Crippen LogP contribution in [0.5, 0.6) is 0 Å². The Morgan fingerprint density at radius 1 is 1.24 bits per heavy atom. The van der Waals surface area contributed by atoms with Gasteiger partial charge < -0.3 is 4.42 Å². The first-order chi connectivity index (χ1) is 9.91. The second-order valence-corrected chi connectivity index (χ2v) is 4.27. The fraction of sp³-hybridized carbons (Fsp3) is 0.200. The Bertz CT molecular complexity index is 670. The second-order valence-electron chi connectivity index (χ2n) is 4.27. The fourth-order valence-electron chi connectivity index (χ4n) is 1.70. The number of pyridine rings is 1. The van der Waals surface area contributed by atoms with Crippen LogP contribution >= 0.6 is 0 Å².